The van der Waals surface area contributed by atoms with Gasteiger partial charge in [-0.2, -0.15) is 0 Å². The first kappa shape index (κ1) is 10.1. The van der Waals surface area contributed by atoms with Crippen molar-refractivity contribution in [2.24, 2.45) is 0 Å². The topological polar surface area (TPSA) is 35.0 Å². The SMILES string of the molecule is Cc1nccc(C2CCC(CBr)O2)n1. The second-order valence-electron chi connectivity index (χ2n) is 3.51. The highest BCUT2D eigenvalue weighted by Gasteiger charge is 2.26. The van der Waals surface area contributed by atoms with Gasteiger partial charge in [-0.1, -0.05) is 15.9 Å². The van der Waals surface area contributed by atoms with Crippen LogP contribution in [0.5, 0.6) is 0 Å². The molecule has 3 nitrogen and oxygen atoms in total. The van der Waals surface area contributed by atoms with Gasteiger partial charge in [-0.05, 0) is 25.8 Å². The third kappa shape index (κ3) is 2.12. The highest BCUT2D eigenvalue weighted by Crippen LogP contribution is 2.31. The number of aryl methyl sites for hydroxylation is 1. The van der Waals surface area contributed by atoms with Gasteiger partial charge in [0.25, 0.3) is 0 Å². The summed E-state index contributed by atoms with van der Waals surface area (Å²) >= 11 is 3.43. The van der Waals surface area contributed by atoms with Crippen LogP contribution < -0.4 is 0 Å². The van der Waals surface area contributed by atoms with Crippen molar-refractivity contribution < 1.29 is 4.74 Å². The van der Waals surface area contributed by atoms with Gasteiger partial charge in [0.2, 0.25) is 0 Å². The van der Waals surface area contributed by atoms with Crippen LogP contribution in [-0.4, -0.2) is 21.4 Å². The molecule has 0 bridgehead atoms. The summed E-state index contributed by atoms with van der Waals surface area (Å²) in [7, 11) is 0. The van der Waals surface area contributed by atoms with E-state index in [1.54, 1.807) is 6.20 Å². The molecule has 0 radical (unpaired) electrons. The van der Waals surface area contributed by atoms with Crippen molar-refractivity contribution in [3.63, 3.8) is 0 Å². The van der Waals surface area contributed by atoms with E-state index in [9.17, 15) is 0 Å². The number of alkyl halides is 1. The Labute approximate surface area is 92.0 Å². The summed E-state index contributed by atoms with van der Waals surface area (Å²) in [4.78, 5) is 8.45. The fourth-order valence-corrected chi connectivity index (χ4v) is 2.17. The van der Waals surface area contributed by atoms with Crippen LogP contribution >= 0.6 is 15.9 Å². The molecule has 0 saturated carbocycles. The Bertz CT molecular complexity index is 319. The van der Waals surface area contributed by atoms with Crippen molar-refractivity contribution in [3.05, 3.63) is 23.8 Å². The molecule has 2 unspecified atom stereocenters. The number of ether oxygens (including phenoxy) is 1. The van der Waals surface area contributed by atoms with Crippen molar-refractivity contribution in [2.75, 3.05) is 5.33 Å². The number of rotatable bonds is 2. The lowest BCUT2D eigenvalue weighted by molar-refractivity contribution is 0.0561. The zero-order valence-electron chi connectivity index (χ0n) is 8.11. The molecule has 1 aromatic heterocycles. The maximum absolute atomic E-state index is 5.81. The van der Waals surface area contributed by atoms with Crippen LogP contribution in [0.15, 0.2) is 12.3 Å². The predicted octanol–water partition coefficient (Wildman–Crippen LogP) is 2.40. The number of halogens is 1. The predicted molar refractivity (Wildman–Crippen MR) is 57.4 cm³/mol. The standard InChI is InChI=1S/C10H13BrN2O/c1-7-12-5-4-9(13-7)10-3-2-8(6-11)14-10/h4-5,8,10H,2-3,6H2,1H3. The summed E-state index contributed by atoms with van der Waals surface area (Å²) in [6.07, 6.45) is 4.48. The summed E-state index contributed by atoms with van der Waals surface area (Å²) in [6, 6.07) is 1.94. The Kier molecular flexibility index (Phi) is 3.13. The minimum Gasteiger partial charge on any atom is -0.368 e. The van der Waals surface area contributed by atoms with Gasteiger partial charge in [-0.25, -0.2) is 9.97 Å². The van der Waals surface area contributed by atoms with Crippen molar-refractivity contribution in [3.8, 4) is 0 Å². The van der Waals surface area contributed by atoms with E-state index < -0.39 is 0 Å². The molecule has 0 aromatic carbocycles. The van der Waals surface area contributed by atoms with Crippen LogP contribution in [0.3, 0.4) is 0 Å². The summed E-state index contributed by atoms with van der Waals surface area (Å²) in [5.74, 6) is 0.813. The van der Waals surface area contributed by atoms with E-state index in [-0.39, 0.29) is 6.10 Å². The third-order valence-electron chi connectivity index (χ3n) is 2.41. The maximum Gasteiger partial charge on any atom is 0.125 e. The monoisotopic (exact) mass is 256 g/mol. The average molecular weight is 257 g/mol. The van der Waals surface area contributed by atoms with Crippen LogP contribution in [0.25, 0.3) is 0 Å². The van der Waals surface area contributed by atoms with Crippen molar-refractivity contribution in [2.45, 2.75) is 32.0 Å². The summed E-state index contributed by atoms with van der Waals surface area (Å²) in [6.45, 7) is 1.90. The molecule has 2 rings (SSSR count). The van der Waals surface area contributed by atoms with E-state index in [1.807, 2.05) is 13.0 Å². The summed E-state index contributed by atoms with van der Waals surface area (Å²) in [5.41, 5.74) is 1.01. The highest BCUT2D eigenvalue weighted by atomic mass is 79.9. The van der Waals surface area contributed by atoms with Gasteiger partial charge in [0.05, 0.1) is 11.8 Å². The van der Waals surface area contributed by atoms with Crippen LogP contribution in [0.1, 0.15) is 30.5 Å². The smallest absolute Gasteiger partial charge is 0.125 e. The minimum atomic E-state index is 0.166. The Hall–Kier alpha value is -0.480. The molecule has 0 N–H and O–H groups in total. The fourth-order valence-electron chi connectivity index (χ4n) is 1.69. The molecule has 0 amide bonds. The summed E-state index contributed by atoms with van der Waals surface area (Å²) < 4.78 is 5.81. The third-order valence-corrected chi connectivity index (χ3v) is 3.13. The molecule has 1 aromatic rings. The Morgan fingerprint density at radius 2 is 2.43 bits per heavy atom. The second kappa shape index (κ2) is 4.36. The van der Waals surface area contributed by atoms with Gasteiger partial charge in [0.1, 0.15) is 11.9 Å². The van der Waals surface area contributed by atoms with Gasteiger partial charge in [0.15, 0.2) is 0 Å². The van der Waals surface area contributed by atoms with Crippen LogP contribution in [0.4, 0.5) is 0 Å². The second-order valence-corrected chi connectivity index (χ2v) is 4.15. The average Bonchev–Trinajstić information content (AvgIpc) is 2.66. The zero-order valence-corrected chi connectivity index (χ0v) is 9.70. The molecule has 1 aliphatic rings. The Morgan fingerprint density at radius 3 is 3.07 bits per heavy atom. The van der Waals surface area contributed by atoms with Gasteiger partial charge >= 0.3 is 0 Å². The lowest BCUT2D eigenvalue weighted by Crippen LogP contribution is -2.08. The lowest BCUT2D eigenvalue weighted by atomic mass is 10.1. The molecule has 14 heavy (non-hydrogen) atoms. The fraction of sp³-hybridized carbons (Fsp3) is 0.600. The van der Waals surface area contributed by atoms with Gasteiger partial charge in [-0.3, -0.25) is 0 Å². The molecular formula is C10H13BrN2O. The Morgan fingerprint density at radius 1 is 1.57 bits per heavy atom. The quantitative estimate of drug-likeness (QED) is 0.763. The molecule has 2 heterocycles. The molecule has 0 aliphatic carbocycles. The number of nitrogens with zero attached hydrogens (tertiary/aromatic N) is 2. The highest BCUT2D eigenvalue weighted by molar-refractivity contribution is 9.09. The molecule has 2 atom stereocenters. The zero-order chi connectivity index (χ0) is 9.97. The molecule has 1 saturated heterocycles. The largest absolute Gasteiger partial charge is 0.368 e. The molecule has 76 valence electrons. The van der Waals surface area contributed by atoms with Gasteiger partial charge < -0.3 is 4.74 Å². The van der Waals surface area contributed by atoms with Crippen molar-refractivity contribution in [1.29, 1.82) is 0 Å². The van der Waals surface area contributed by atoms with E-state index in [0.29, 0.717) is 6.10 Å². The lowest BCUT2D eigenvalue weighted by Gasteiger charge is -2.11. The van der Waals surface area contributed by atoms with Gasteiger partial charge in [-0.15, -0.1) is 0 Å². The molecule has 0 spiro atoms. The number of aromatic nitrogens is 2. The maximum atomic E-state index is 5.81. The Balaban J connectivity index is 2.09. The van der Waals surface area contributed by atoms with E-state index >= 15 is 0 Å². The summed E-state index contributed by atoms with van der Waals surface area (Å²) in [5, 5.41) is 0.910. The number of hydrogen-bond acceptors (Lipinski definition) is 3. The van der Waals surface area contributed by atoms with Crippen LogP contribution in [-0.2, 0) is 4.74 Å². The molecule has 1 aliphatic heterocycles. The molecule has 4 heteroatoms. The molecular weight excluding hydrogens is 244 g/mol. The van der Waals surface area contributed by atoms with E-state index in [0.717, 1.165) is 29.7 Å². The first-order valence-corrected chi connectivity index (χ1v) is 5.92. The van der Waals surface area contributed by atoms with E-state index in [2.05, 4.69) is 25.9 Å². The molecule has 1 fully saturated rings. The van der Waals surface area contributed by atoms with Crippen molar-refractivity contribution >= 4 is 15.9 Å². The van der Waals surface area contributed by atoms with Crippen molar-refractivity contribution in [1.82, 2.24) is 9.97 Å². The minimum absolute atomic E-state index is 0.166. The van der Waals surface area contributed by atoms with Gasteiger partial charge in [0, 0.05) is 11.5 Å². The van der Waals surface area contributed by atoms with E-state index in [1.165, 1.54) is 0 Å². The van der Waals surface area contributed by atoms with Crippen LogP contribution in [0, 0.1) is 6.92 Å². The van der Waals surface area contributed by atoms with E-state index in [4.69, 9.17) is 4.74 Å². The number of hydrogen-bond donors (Lipinski definition) is 0. The normalized spacial score (nSPS) is 26.7. The first-order chi connectivity index (χ1) is 6.79. The van der Waals surface area contributed by atoms with Crippen LogP contribution in [0.2, 0.25) is 0 Å². The first-order valence-electron chi connectivity index (χ1n) is 4.80.